The van der Waals surface area contributed by atoms with E-state index in [4.69, 9.17) is 11.6 Å². The van der Waals surface area contributed by atoms with Gasteiger partial charge in [0.1, 0.15) is 0 Å². The van der Waals surface area contributed by atoms with E-state index < -0.39 is 5.60 Å². The molecule has 2 rings (SSSR count). The van der Waals surface area contributed by atoms with Gasteiger partial charge in [-0.2, -0.15) is 0 Å². The maximum absolute atomic E-state index is 9.53. The molecule has 0 bridgehead atoms. The molecule has 14 heavy (non-hydrogen) atoms. The van der Waals surface area contributed by atoms with Crippen molar-refractivity contribution in [1.29, 1.82) is 0 Å². The fourth-order valence-electron chi connectivity index (χ4n) is 1.79. The topological polar surface area (TPSA) is 36.4 Å². The molecule has 1 aliphatic heterocycles. The Labute approximate surface area is 88.3 Å². The Morgan fingerprint density at radius 1 is 1.64 bits per heavy atom. The molecule has 0 aromatic carbocycles. The highest BCUT2D eigenvalue weighted by Gasteiger charge is 2.36. The Balaban J connectivity index is 1.93. The molecule has 4 heteroatoms. The van der Waals surface area contributed by atoms with Crippen molar-refractivity contribution in [3.8, 4) is 0 Å². The highest BCUT2D eigenvalue weighted by molar-refractivity contribution is 6.30. The summed E-state index contributed by atoms with van der Waals surface area (Å²) in [6.07, 6.45) is 1.70. The minimum Gasteiger partial charge on any atom is -0.388 e. The maximum atomic E-state index is 9.53. The number of hydrogen-bond donors (Lipinski definition) is 1. The van der Waals surface area contributed by atoms with Crippen LogP contribution in [0.1, 0.15) is 12.6 Å². The lowest BCUT2D eigenvalue weighted by molar-refractivity contribution is -0.0875. The Bertz CT molecular complexity index is 333. The molecule has 1 aliphatic rings. The molecule has 0 amide bonds. The number of aliphatic hydroxyl groups is 1. The standard InChI is InChI=1S/C10H13ClN2O/c1-10(14)6-13(7-10)5-9-4-8(11)2-3-12-9/h2-4,14H,5-7H2,1H3. The van der Waals surface area contributed by atoms with Crippen LogP contribution in [0.25, 0.3) is 0 Å². The number of nitrogens with zero attached hydrogens (tertiary/aromatic N) is 2. The van der Waals surface area contributed by atoms with Crippen LogP contribution >= 0.6 is 11.6 Å². The zero-order valence-corrected chi connectivity index (χ0v) is 8.83. The third-order valence-corrected chi connectivity index (χ3v) is 2.53. The molecule has 0 spiro atoms. The van der Waals surface area contributed by atoms with Crippen LogP contribution in [0.5, 0.6) is 0 Å². The first kappa shape index (κ1) is 9.90. The molecule has 0 atom stereocenters. The smallest absolute Gasteiger partial charge is 0.0872 e. The highest BCUT2D eigenvalue weighted by atomic mass is 35.5. The van der Waals surface area contributed by atoms with Gasteiger partial charge in [0.2, 0.25) is 0 Å². The molecule has 76 valence electrons. The van der Waals surface area contributed by atoms with E-state index in [-0.39, 0.29) is 0 Å². The first-order valence-corrected chi connectivity index (χ1v) is 4.98. The normalized spacial score (nSPS) is 20.5. The number of β-amino-alcohol motifs (C(OH)–C–C–N with tert-alkyl or cyclic N) is 1. The second-order valence-electron chi connectivity index (χ2n) is 4.11. The summed E-state index contributed by atoms with van der Waals surface area (Å²) in [4.78, 5) is 6.34. The molecule has 1 N–H and O–H groups in total. The van der Waals surface area contributed by atoms with Gasteiger partial charge >= 0.3 is 0 Å². The van der Waals surface area contributed by atoms with E-state index in [1.807, 2.05) is 13.0 Å². The van der Waals surface area contributed by atoms with Gasteiger partial charge in [-0.15, -0.1) is 0 Å². The van der Waals surface area contributed by atoms with Gasteiger partial charge < -0.3 is 5.11 Å². The van der Waals surface area contributed by atoms with Crippen molar-refractivity contribution < 1.29 is 5.11 Å². The summed E-state index contributed by atoms with van der Waals surface area (Å²) in [6.45, 7) is 4.02. The van der Waals surface area contributed by atoms with E-state index in [1.165, 1.54) is 0 Å². The molecule has 0 aliphatic carbocycles. The Morgan fingerprint density at radius 3 is 2.93 bits per heavy atom. The van der Waals surface area contributed by atoms with Crippen LogP contribution < -0.4 is 0 Å². The Kier molecular flexibility index (Phi) is 2.47. The summed E-state index contributed by atoms with van der Waals surface area (Å²) < 4.78 is 0. The van der Waals surface area contributed by atoms with E-state index in [1.54, 1.807) is 12.3 Å². The predicted molar refractivity (Wildman–Crippen MR) is 55.1 cm³/mol. The number of halogens is 1. The van der Waals surface area contributed by atoms with Gasteiger partial charge in [-0.25, -0.2) is 0 Å². The molecule has 1 fully saturated rings. The molecular formula is C10H13ClN2O. The predicted octanol–water partition coefficient (Wildman–Crippen LogP) is 1.30. The molecule has 0 radical (unpaired) electrons. The minimum absolute atomic E-state index is 0.515. The largest absolute Gasteiger partial charge is 0.388 e. The van der Waals surface area contributed by atoms with Crippen LogP contribution in [0, 0.1) is 0 Å². The van der Waals surface area contributed by atoms with Crippen LogP contribution in [-0.2, 0) is 6.54 Å². The van der Waals surface area contributed by atoms with Crippen molar-refractivity contribution in [1.82, 2.24) is 9.88 Å². The van der Waals surface area contributed by atoms with Gasteiger partial charge in [-0.05, 0) is 19.1 Å². The molecule has 1 aromatic rings. The Hall–Kier alpha value is -0.640. The monoisotopic (exact) mass is 212 g/mol. The maximum Gasteiger partial charge on any atom is 0.0872 e. The van der Waals surface area contributed by atoms with Crippen LogP contribution in [0.2, 0.25) is 5.02 Å². The summed E-state index contributed by atoms with van der Waals surface area (Å²) in [7, 11) is 0. The third-order valence-electron chi connectivity index (χ3n) is 2.29. The van der Waals surface area contributed by atoms with Crippen LogP contribution in [0.3, 0.4) is 0 Å². The summed E-state index contributed by atoms with van der Waals surface area (Å²) in [6, 6.07) is 3.62. The van der Waals surface area contributed by atoms with Crippen molar-refractivity contribution in [2.75, 3.05) is 13.1 Å². The van der Waals surface area contributed by atoms with E-state index >= 15 is 0 Å². The first-order chi connectivity index (χ1) is 6.55. The summed E-state index contributed by atoms with van der Waals surface area (Å²) in [5, 5.41) is 10.2. The third kappa shape index (κ3) is 2.23. The van der Waals surface area contributed by atoms with Gasteiger partial charge in [-0.1, -0.05) is 11.6 Å². The van der Waals surface area contributed by atoms with E-state index in [9.17, 15) is 5.11 Å². The van der Waals surface area contributed by atoms with Crippen molar-refractivity contribution in [2.24, 2.45) is 0 Å². The van der Waals surface area contributed by atoms with Crippen LogP contribution in [0.4, 0.5) is 0 Å². The zero-order chi connectivity index (χ0) is 10.2. The lowest BCUT2D eigenvalue weighted by Gasteiger charge is -2.44. The highest BCUT2D eigenvalue weighted by Crippen LogP contribution is 2.21. The second-order valence-corrected chi connectivity index (χ2v) is 4.54. The van der Waals surface area contributed by atoms with Crippen LogP contribution in [0.15, 0.2) is 18.3 Å². The summed E-state index contributed by atoms with van der Waals surface area (Å²) >= 11 is 5.84. The number of likely N-dealkylation sites (tertiary alicyclic amines) is 1. The lowest BCUT2D eigenvalue weighted by Crippen LogP contribution is -2.59. The zero-order valence-electron chi connectivity index (χ0n) is 8.07. The van der Waals surface area contributed by atoms with E-state index in [2.05, 4.69) is 9.88 Å². The van der Waals surface area contributed by atoms with E-state index in [0.717, 1.165) is 12.2 Å². The van der Waals surface area contributed by atoms with Crippen molar-refractivity contribution >= 4 is 11.6 Å². The summed E-state index contributed by atoms with van der Waals surface area (Å²) in [5.41, 5.74) is 0.437. The first-order valence-electron chi connectivity index (χ1n) is 4.60. The molecular weight excluding hydrogens is 200 g/mol. The quantitative estimate of drug-likeness (QED) is 0.803. The second kappa shape index (κ2) is 3.50. The summed E-state index contributed by atoms with van der Waals surface area (Å²) in [5.74, 6) is 0. The van der Waals surface area contributed by atoms with Gasteiger partial charge in [0, 0.05) is 30.9 Å². The van der Waals surface area contributed by atoms with Crippen molar-refractivity contribution in [3.05, 3.63) is 29.0 Å². The van der Waals surface area contributed by atoms with Gasteiger partial charge in [0.15, 0.2) is 0 Å². The number of rotatable bonds is 2. The molecule has 1 aromatic heterocycles. The number of hydrogen-bond acceptors (Lipinski definition) is 3. The molecule has 0 unspecified atom stereocenters. The van der Waals surface area contributed by atoms with Crippen molar-refractivity contribution in [3.63, 3.8) is 0 Å². The number of aromatic nitrogens is 1. The number of pyridine rings is 1. The van der Waals surface area contributed by atoms with Gasteiger partial charge in [-0.3, -0.25) is 9.88 Å². The Morgan fingerprint density at radius 2 is 2.36 bits per heavy atom. The SMILES string of the molecule is CC1(O)CN(Cc2cc(Cl)ccn2)C1. The lowest BCUT2D eigenvalue weighted by atomic mass is 9.97. The molecule has 1 saturated heterocycles. The minimum atomic E-state index is -0.515. The van der Waals surface area contributed by atoms with Crippen molar-refractivity contribution in [2.45, 2.75) is 19.1 Å². The van der Waals surface area contributed by atoms with Crippen LogP contribution in [-0.4, -0.2) is 33.7 Å². The average Bonchev–Trinajstić information content (AvgIpc) is 2.00. The van der Waals surface area contributed by atoms with E-state index in [0.29, 0.717) is 18.1 Å². The van der Waals surface area contributed by atoms with Gasteiger partial charge in [0.25, 0.3) is 0 Å². The molecule has 3 nitrogen and oxygen atoms in total. The molecule has 0 saturated carbocycles. The van der Waals surface area contributed by atoms with Gasteiger partial charge in [0.05, 0.1) is 11.3 Å². The fourth-order valence-corrected chi connectivity index (χ4v) is 1.98. The molecule has 2 heterocycles. The fraction of sp³-hybridized carbons (Fsp3) is 0.500. The average molecular weight is 213 g/mol.